The summed E-state index contributed by atoms with van der Waals surface area (Å²) in [6.07, 6.45) is 34.0. The number of hydrogen-bond donors (Lipinski definition) is 1. The molecule has 0 saturated heterocycles. The minimum absolute atomic E-state index is 0.104. The highest BCUT2D eigenvalue weighted by Crippen LogP contribution is 2.13. The van der Waals surface area contributed by atoms with Crippen molar-refractivity contribution in [2.75, 3.05) is 52.6 Å². The Labute approximate surface area is 356 Å². The number of nitrogens with one attached hydrogen (secondary N) is 1. The molecule has 1 unspecified atom stereocenters. The Hall–Kier alpha value is -2.43. The Morgan fingerprint density at radius 2 is 1.02 bits per heavy atom. The second-order valence-corrected chi connectivity index (χ2v) is 15.6. The summed E-state index contributed by atoms with van der Waals surface area (Å²) in [4.78, 5) is 40.4. The van der Waals surface area contributed by atoms with Crippen LogP contribution in [-0.4, -0.2) is 87.9 Å². The molecule has 0 fully saturated rings. The number of rotatable bonds is 43. The number of esters is 2. The lowest BCUT2D eigenvalue weighted by molar-refractivity contribution is -0.162. The average molecular weight is 823 g/mol. The van der Waals surface area contributed by atoms with E-state index in [9.17, 15) is 14.4 Å². The third kappa shape index (κ3) is 39.1. The van der Waals surface area contributed by atoms with Gasteiger partial charge in [-0.3, -0.25) is 9.59 Å². The predicted molar refractivity (Wildman–Crippen MR) is 239 cm³/mol. The molecule has 1 N–H and O–H groups in total. The molecule has 0 aliphatic carbocycles. The summed E-state index contributed by atoms with van der Waals surface area (Å²) in [5, 5.41) is 2.76. The van der Waals surface area contributed by atoms with Gasteiger partial charge in [0.1, 0.15) is 13.2 Å². The second kappa shape index (κ2) is 44.1. The van der Waals surface area contributed by atoms with Crippen molar-refractivity contribution >= 4 is 18.0 Å². The Balaban J connectivity index is 4.81. The fourth-order valence-corrected chi connectivity index (χ4v) is 6.41. The van der Waals surface area contributed by atoms with Gasteiger partial charge in [-0.15, -0.1) is 0 Å². The summed E-state index contributed by atoms with van der Waals surface area (Å²) >= 11 is 0. The molecular formula is C48H90N2O8. The van der Waals surface area contributed by atoms with Crippen LogP contribution in [0.15, 0.2) is 24.3 Å². The number of alkyl carbamates (subject to hydrolysis) is 1. The Bertz CT molecular complexity index is 969. The Morgan fingerprint density at radius 1 is 0.552 bits per heavy atom. The van der Waals surface area contributed by atoms with E-state index in [1.165, 1.54) is 77.0 Å². The lowest BCUT2D eigenvalue weighted by Crippen LogP contribution is -2.39. The van der Waals surface area contributed by atoms with Gasteiger partial charge in [-0.2, -0.15) is 0 Å². The van der Waals surface area contributed by atoms with Crippen molar-refractivity contribution in [3.8, 4) is 0 Å². The first kappa shape index (κ1) is 55.6. The van der Waals surface area contributed by atoms with E-state index in [-0.39, 0.29) is 25.6 Å². The largest absolute Gasteiger partial charge is 0.462 e. The smallest absolute Gasteiger partial charge is 0.407 e. The van der Waals surface area contributed by atoms with E-state index in [2.05, 4.69) is 69.1 Å². The minimum atomic E-state index is -0.922. The molecule has 10 heteroatoms. The van der Waals surface area contributed by atoms with Crippen molar-refractivity contribution in [3.05, 3.63) is 24.3 Å². The highest BCUT2D eigenvalue weighted by atomic mass is 16.7. The minimum Gasteiger partial charge on any atom is -0.462 e. The van der Waals surface area contributed by atoms with Gasteiger partial charge in [0, 0.05) is 39.1 Å². The number of nitrogens with zero attached hydrogens (tertiary/aromatic N) is 1. The summed E-state index contributed by atoms with van der Waals surface area (Å²) in [5.41, 5.74) is 0. The normalized spacial score (nSPS) is 12.3. The van der Waals surface area contributed by atoms with Crippen molar-refractivity contribution in [1.29, 1.82) is 0 Å². The van der Waals surface area contributed by atoms with Crippen molar-refractivity contribution in [2.24, 2.45) is 0 Å². The van der Waals surface area contributed by atoms with Gasteiger partial charge in [-0.1, -0.05) is 155 Å². The van der Waals surface area contributed by atoms with Crippen molar-refractivity contribution in [3.63, 3.8) is 0 Å². The van der Waals surface area contributed by atoms with Crippen LogP contribution in [0.1, 0.15) is 202 Å². The molecule has 0 saturated carbocycles. The maximum absolute atomic E-state index is 12.9. The molecule has 0 heterocycles. The molecule has 0 aromatic carbocycles. The summed E-state index contributed by atoms with van der Waals surface area (Å²) in [7, 11) is 0. The zero-order valence-corrected chi connectivity index (χ0v) is 38.2. The first-order valence-corrected chi connectivity index (χ1v) is 23.9. The first-order valence-electron chi connectivity index (χ1n) is 23.9. The quantitative estimate of drug-likeness (QED) is 0.0211. The van der Waals surface area contributed by atoms with E-state index < -0.39 is 24.5 Å². The summed E-state index contributed by atoms with van der Waals surface area (Å²) in [5.74, 6) is -0.788. The third-order valence-electron chi connectivity index (χ3n) is 10.2. The summed E-state index contributed by atoms with van der Waals surface area (Å²) < 4.78 is 28.8. The van der Waals surface area contributed by atoms with E-state index in [0.717, 1.165) is 83.7 Å². The van der Waals surface area contributed by atoms with Crippen molar-refractivity contribution in [1.82, 2.24) is 10.2 Å². The van der Waals surface area contributed by atoms with Crippen LogP contribution in [0.3, 0.4) is 0 Å². The first-order chi connectivity index (χ1) is 28.4. The van der Waals surface area contributed by atoms with Gasteiger partial charge in [-0.05, 0) is 64.5 Å². The van der Waals surface area contributed by atoms with Gasteiger partial charge >= 0.3 is 18.0 Å². The monoisotopic (exact) mass is 823 g/mol. The molecule has 0 bridgehead atoms. The van der Waals surface area contributed by atoms with E-state index in [4.69, 9.17) is 23.7 Å². The van der Waals surface area contributed by atoms with Crippen LogP contribution in [0, 0.1) is 0 Å². The van der Waals surface area contributed by atoms with Crippen LogP contribution in [0.2, 0.25) is 0 Å². The fourth-order valence-electron chi connectivity index (χ4n) is 6.41. The lowest BCUT2D eigenvalue weighted by atomic mass is 10.1. The zero-order chi connectivity index (χ0) is 42.6. The Morgan fingerprint density at radius 3 is 1.57 bits per heavy atom. The number of allylic oxidation sites excluding steroid dienone is 4. The van der Waals surface area contributed by atoms with E-state index in [0.29, 0.717) is 39.1 Å². The van der Waals surface area contributed by atoms with Crippen LogP contribution in [0.5, 0.6) is 0 Å². The van der Waals surface area contributed by atoms with Gasteiger partial charge in [0.15, 0.2) is 12.4 Å². The highest BCUT2D eigenvalue weighted by Gasteiger charge is 2.21. The molecule has 10 nitrogen and oxygen atoms in total. The highest BCUT2D eigenvalue weighted by molar-refractivity contribution is 5.70. The predicted octanol–water partition coefficient (Wildman–Crippen LogP) is 12.2. The molecule has 1 amide bonds. The number of carbonyl (C=O) groups is 3. The topological polar surface area (TPSA) is 113 Å². The van der Waals surface area contributed by atoms with E-state index >= 15 is 0 Å². The van der Waals surface area contributed by atoms with Crippen LogP contribution in [0.25, 0.3) is 0 Å². The van der Waals surface area contributed by atoms with E-state index in [1.807, 2.05) is 0 Å². The molecule has 1 atom stereocenters. The number of carbonyl (C=O) groups excluding carboxylic acids is 3. The maximum atomic E-state index is 12.9. The molecule has 58 heavy (non-hydrogen) atoms. The molecule has 0 aromatic heterocycles. The van der Waals surface area contributed by atoms with Crippen LogP contribution >= 0.6 is 0 Å². The van der Waals surface area contributed by atoms with Gasteiger partial charge in [0.2, 0.25) is 0 Å². The summed E-state index contributed by atoms with van der Waals surface area (Å²) in [6.45, 7) is 14.5. The summed E-state index contributed by atoms with van der Waals surface area (Å²) in [6, 6.07) is 0. The fraction of sp³-hybridized carbons (Fsp3) is 0.854. The molecule has 0 aliphatic heterocycles. The van der Waals surface area contributed by atoms with Crippen molar-refractivity contribution < 1.29 is 38.1 Å². The third-order valence-corrected chi connectivity index (χ3v) is 10.2. The van der Waals surface area contributed by atoms with Crippen molar-refractivity contribution in [2.45, 2.75) is 214 Å². The second-order valence-electron chi connectivity index (χ2n) is 15.6. The number of unbranched alkanes of at least 4 members (excludes halogenated alkanes) is 18. The average Bonchev–Trinajstić information content (AvgIpc) is 3.22. The molecule has 0 aromatic rings. The van der Waals surface area contributed by atoms with E-state index in [1.54, 1.807) is 0 Å². The molecule has 0 aliphatic rings. The molecule has 340 valence electrons. The van der Waals surface area contributed by atoms with Crippen LogP contribution in [-0.2, 0) is 33.3 Å². The zero-order valence-electron chi connectivity index (χ0n) is 38.2. The van der Waals surface area contributed by atoms with Gasteiger partial charge < -0.3 is 33.9 Å². The number of amides is 1. The van der Waals surface area contributed by atoms with Gasteiger partial charge in [0.25, 0.3) is 0 Å². The lowest BCUT2D eigenvalue weighted by Gasteiger charge is -2.21. The maximum Gasteiger partial charge on any atom is 0.407 e. The Kier molecular flexibility index (Phi) is 42.3. The molecule has 0 rings (SSSR count). The number of ether oxygens (including phenoxy) is 5. The van der Waals surface area contributed by atoms with Gasteiger partial charge in [-0.25, -0.2) is 4.79 Å². The van der Waals surface area contributed by atoms with Gasteiger partial charge in [0.05, 0.1) is 6.42 Å². The SMILES string of the molecule is CCCCC/C=C\C/C=C\CCCCCCCC(=O)OCC(COC(=O)CCC(OCCCCCCCC)OCCCCCCCC)OC(=O)NCCN(CC)CC. The van der Waals surface area contributed by atoms with Crippen LogP contribution < -0.4 is 5.32 Å². The standard InChI is InChI=1S/C48H90N2O8/c1-6-11-14-17-20-21-22-23-24-25-26-27-28-29-32-35-45(51)56-42-44(58-48(53)49-38-39-50(9-4)10-5)43-57-46(52)36-37-47(54-40-33-30-18-15-12-7-2)55-41-34-31-19-16-13-8-3/h20-21,23-24,44,47H,6-19,22,25-43H2,1-5H3,(H,49,53)/b21-20-,24-23-. The number of likely N-dealkylation sites (N-methyl/N-ethyl adjacent to an activating group) is 1. The molecule has 0 radical (unpaired) electrons. The van der Waals surface area contributed by atoms with Crippen LogP contribution in [0.4, 0.5) is 4.79 Å². The molecule has 0 spiro atoms. The molecular weight excluding hydrogens is 733 g/mol. The number of hydrogen-bond acceptors (Lipinski definition) is 9.